The highest BCUT2D eigenvalue weighted by molar-refractivity contribution is 7.93. The molecule has 1 unspecified atom stereocenters. The maximum absolute atomic E-state index is 13.7. The largest absolute Gasteiger partial charge is 0.435 e. The third-order valence-electron chi connectivity index (χ3n) is 4.79. The van der Waals surface area contributed by atoms with Crippen LogP contribution in [0.4, 0.5) is 19.0 Å². The second-order valence-electron chi connectivity index (χ2n) is 6.96. The summed E-state index contributed by atoms with van der Waals surface area (Å²) in [6.45, 7) is 3.30. The lowest BCUT2D eigenvalue weighted by Gasteiger charge is -2.29. The maximum atomic E-state index is 13.7. The molecule has 2 heterocycles. The Kier molecular flexibility index (Phi) is 6.16. The minimum absolute atomic E-state index is 0.0257. The number of alkyl halides is 3. The number of allylic oxidation sites excluding steroid dienone is 2. The molecule has 0 saturated heterocycles. The fourth-order valence-corrected chi connectivity index (χ4v) is 4.84. The number of sulfonamides is 1. The average Bonchev–Trinajstić information content (AvgIpc) is 2.98. The van der Waals surface area contributed by atoms with Crippen LogP contribution in [-0.2, 0) is 22.6 Å². The molecule has 0 saturated carbocycles. The highest BCUT2D eigenvalue weighted by Crippen LogP contribution is 2.44. The number of hydrogen-bond donors (Lipinski definition) is 2. The van der Waals surface area contributed by atoms with E-state index in [0.717, 1.165) is 4.68 Å². The van der Waals surface area contributed by atoms with E-state index in [9.17, 15) is 21.6 Å². The summed E-state index contributed by atoms with van der Waals surface area (Å²) in [5.74, 6) is 0.0803. The predicted octanol–water partition coefficient (Wildman–Crippen LogP) is 5.09. The maximum Gasteiger partial charge on any atom is 0.435 e. The van der Waals surface area contributed by atoms with Crippen molar-refractivity contribution < 1.29 is 21.6 Å². The van der Waals surface area contributed by atoms with Crippen molar-refractivity contribution in [2.24, 2.45) is 5.14 Å². The van der Waals surface area contributed by atoms with Gasteiger partial charge in [-0.25, -0.2) is 18.2 Å². The lowest BCUT2D eigenvalue weighted by atomic mass is 10.0. The van der Waals surface area contributed by atoms with Crippen molar-refractivity contribution in [3.63, 3.8) is 0 Å². The fraction of sp³-hybridized carbons (Fsp3) is 0.389. The average molecular weight is 483 g/mol. The molecule has 1 aliphatic rings. The Morgan fingerprint density at radius 1 is 1.27 bits per heavy atom. The van der Waals surface area contributed by atoms with E-state index < -0.39 is 27.9 Å². The molecule has 0 fully saturated rings. The Bertz CT molecular complexity index is 1130. The normalized spacial score (nSPS) is 17.1. The van der Waals surface area contributed by atoms with Crippen LogP contribution in [0.25, 0.3) is 0 Å². The quantitative estimate of drug-likeness (QED) is 0.621. The van der Waals surface area contributed by atoms with Gasteiger partial charge in [0.1, 0.15) is 16.8 Å². The third kappa shape index (κ3) is 4.18. The number of nitrogens with two attached hydrogens (primary N) is 1. The smallest absolute Gasteiger partial charge is 0.343 e. The van der Waals surface area contributed by atoms with Crippen LogP contribution in [0, 0.1) is 0 Å². The van der Waals surface area contributed by atoms with Gasteiger partial charge in [0.2, 0.25) is 10.0 Å². The summed E-state index contributed by atoms with van der Waals surface area (Å²) in [7, 11) is -4.30. The van der Waals surface area contributed by atoms with E-state index in [2.05, 4.69) is 10.4 Å². The van der Waals surface area contributed by atoms with Gasteiger partial charge in [-0.3, -0.25) is 0 Å². The number of halogens is 5. The van der Waals surface area contributed by atoms with Gasteiger partial charge < -0.3 is 5.32 Å². The van der Waals surface area contributed by atoms with Gasteiger partial charge >= 0.3 is 6.18 Å². The molecule has 0 radical (unpaired) electrons. The standard InChI is InChI=1S/C18H19Cl2F3N4O2S/c1-3-4-5-11-16(18(21,22)23)26-27-14(10-6-7-12(19)13(20)8-10)15(30(24,28)29)9(2)25-17(11)27/h6-8,14,25H,3-5H2,1-2H3,(H2,24,28,29). The second-order valence-corrected chi connectivity index (χ2v) is 9.30. The lowest BCUT2D eigenvalue weighted by Crippen LogP contribution is -2.32. The number of nitrogens with zero attached hydrogens (tertiary/aromatic N) is 2. The van der Waals surface area contributed by atoms with Gasteiger partial charge in [-0.15, -0.1) is 0 Å². The molecule has 1 atom stereocenters. The molecule has 2 aromatic rings. The minimum Gasteiger partial charge on any atom is -0.343 e. The minimum atomic E-state index is -4.72. The van der Waals surface area contributed by atoms with Crippen LogP contribution in [0.15, 0.2) is 28.8 Å². The van der Waals surface area contributed by atoms with Crippen molar-refractivity contribution in [3.8, 4) is 0 Å². The Morgan fingerprint density at radius 3 is 2.47 bits per heavy atom. The summed E-state index contributed by atoms with van der Waals surface area (Å²) >= 11 is 12.0. The number of nitrogens with one attached hydrogen (secondary N) is 1. The number of primary sulfonamides is 1. The van der Waals surface area contributed by atoms with Crippen molar-refractivity contribution in [1.29, 1.82) is 0 Å². The zero-order valence-electron chi connectivity index (χ0n) is 16.0. The molecule has 0 aliphatic carbocycles. The molecule has 1 aromatic heterocycles. The molecule has 1 aromatic carbocycles. The lowest BCUT2D eigenvalue weighted by molar-refractivity contribution is -0.142. The fourth-order valence-electron chi connectivity index (χ4n) is 3.51. The summed E-state index contributed by atoms with van der Waals surface area (Å²) in [5.41, 5.74) is -0.685. The van der Waals surface area contributed by atoms with Gasteiger partial charge in [0, 0.05) is 11.3 Å². The first-order chi connectivity index (χ1) is 13.9. The molecule has 1 aliphatic heterocycles. The van der Waals surface area contributed by atoms with E-state index in [4.69, 9.17) is 28.3 Å². The monoisotopic (exact) mass is 482 g/mol. The molecule has 30 heavy (non-hydrogen) atoms. The third-order valence-corrected chi connectivity index (χ3v) is 6.67. The summed E-state index contributed by atoms with van der Waals surface area (Å²) in [6, 6.07) is 3.07. The van der Waals surface area contributed by atoms with Crippen LogP contribution in [-0.4, -0.2) is 18.2 Å². The van der Waals surface area contributed by atoms with Crippen LogP contribution in [0.5, 0.6) is 0 Å². The molecule has 164 valence electrons. The van der Waals surface area contributed by atoms with Crippen LogP contribution >= 0.6 is 23.2 Å². The van der Waals surface area contributed by atoms with Crippen molar-refractivity contribution >= 4 is 39.0 Å². The number of fused-ring (bicyclic) bond motifs is 1. The van der Waals surface area contributed by atoms with E-state index in [1.54, 1.807) is 0 Å². The van der Waals surface area contributed by atoms with E-state index in [0.29, 0.717) is 12.8 Å². The first-order valence-corrected chi connectivity index (χ1v) is 11.3. The molecule has 0 bridgehead atoms. The zero-order valence-corrected chi connectivity index (χ0v) is 18.3. The van der Waals surface area contributed by atoms with Gasteiger partial charge in [0.15, 0.2) is 5.69 Å². The zero-order chi connectivity index (χ0) is 22.4. The summed E-state index contributed by atoms with van der Waals surface area (Å²) in [4.78, 5) is -0.299. The number of rotatable bonds is 5. The van der Waals surface area contributed by atoms with E-state index in [1.807, 2.05) is 6.92 Å². The molecule has 3 N–H and O–H groups in total. The molecule has 12 heteroatoms. The van der Waals surface area contributed by atoms with Gasteiger partial charge in [-0.1, -0.05) is 42.6 Å². The number of benzene rings is 1. The van der Waals surface area contributed by atoms with Crippen LogP contribution in [0.1, 0.15) is 49.6 Å². The highest BCUT2D eigenvalue weighted by Gasteiger charge is 2.43. The van der Waals surface area contributed by atoms with Crippen molar-refractivity contribution in [2.45, 2.75) is 45.3 Å². The number of aromatic nitrogens is 2. The predicted molar refractivity (Wildman–Crippen MR) is 110 cm³/mol. The van der Waals surface area contributed by atoms with Crippen LogP contribution < -0.4 is 10.5 Å². The number of hydrogen-bond acceptors (Lipinski definition) is 4. The number of anilines is 1. The summed E-state index contributed by atoms with van der Waals surface area (Å²) in [6.07, 6.45) is -3.41. The molecular weight excluding hydrogens is 464 g/mol. The molecule has 0 spiro atoms. The molecule has 6 nitrogen and oxygen atoms in total. The topological polar surface area (TPSA) is 90.0 Å². The second kappa shape index (κ2) is 8.07. The van der Waals surface area contributed by atoms with Crippen LogP contribution in [0.2, 0.25) is 10.0 Å². The van der Waals surface area contributed by atoms with E-state index >= 15 is 0 Å². The number of unbranched alkanes of at least 4 members (excludes halogenated alkanes) is 1. The molecule has 3 rings (SSSR count). The van der Waals surface area contributed by atoms with Crippen LogP contribution in [0.3, 0.4) is 0 Å². The Labute approximate surface area is 181 Å². The van der Waals surface area contributed by atoms with Gasteiger partial charge in [-0.05, 0) is 37.5 Å². The Hall–Kier alpha value is -1.75. The summed E-state index contributed by atoms with van der Waals surface area (Å²) < 4.78 is 66.9. The van der Waals surface area contributed by atoms with Crippen molar-refractivity contribution in [2.75, 3.05) is 5.32 Å². The highest BCUT2D eigenvalue weighted by atomic mass is 35.5. The first-order valence-electron chi connectivity index (χ1n) is 9.00. The Balaban J connectivity index is 2.33. The summed E-state index contributed by atoms with van der Waals surface area (Å²) in [5, 5.41) is 12.3. The van der Waals surface area contributed by atoms with Gasteiger partial charge in [0.25, 0.3) is 0 Å². The van der Waals surface area contributed by atoms with Gasteiger partial charge in [-0.2, -0.15) is 18.3 Å². The molecular formula is C18H19Cl2F3N4O2S. The first kappa shape index (κ1) is 22.9. The molecule has 0 amide bonds. The SMILES string of the molecule is CCCCc1c(C(F)(F)F)nn2c1NC(C)=C(S(N)(=O)=O)C2c1ccc(Cl)c(Cl)c1. The van der Waals surface area contributed by atoms with Crippen molar-refractivity contribution in [1.82, 2.24) is 9.78 Å². The van der Waals surface area contributed by atoms with Crippen molar-refractivity contribution in [3.05, 3.63) is 55.7 Å². The van der Waals surface area contributed by atoms with E-state index in [-0.39, 0.29) is 44.0 Å². The van der Waals surface area contributed by atoms with Gasteiger partial charge in [0.05, 0.1) is 10.0 Å². The Morgan fingerprint density at radius 2 is 1.93 bits per heavy atom. The van der Waals surface area contributed by atoms with E-state index in [1.165, 1.54) is 25.1 Å².